The van der Waals surface area contributed by atoms with Crippen LogP contribution in [-0.4, -0.2) is 4.98 Å². The Morgan fingerprint density at radius 3 is 2.52 bits per heavy atom. The fourth-order valence-electron chi connectivity index (χ4n) is 2.45. The third kappa shape index (κ3) is 2.93. The van der Waals surface area contributed by atoms with Crippen molar-refractivity contribution in [2.45, 2.75) is 20.8 Å². The second kappa shape index (κ2) is 5.49. The van der Waals surface area contributed by atoms with E-state index in [0.717, 1.165) is 32.4 Å². The van der Waals surface area contributed by atoms with Gasteiger partial charge in [-0.15, -0.1) is 0 Å². The van der Waals surface area contributed by atoms with Gasteiger partial charge in [-0.25, -0.2) is 0 Å². The van der Waals surface area contributed by atoms with Gasteiger partial charge in [0.05, 0.1) is 5.52 Å². The number of pyridine rings is 1. The quantitative estimate of drug-likeness (QED) is 0.650. The Hall–Kier alpha value is -1.87. The largest absolute Gasteiger partial charge is 0.355 e. The molecule has 1 N–H and O–H groups in total. The smallest absolute Gasteiger partial charge is 0.0726 e. The molecular formula is C18H17BrN2. The average Bonchev–Trinajstić information content (AvgIpc) is 2.43. The van der Waals surface area contributed by atoms with Crippen molar-refractivity contribution in [2.75, 3.05) is 5.32 Å². The lowest BCUT2D eigenvalue weighted by Gasteiger charge is -2.14. The summed E-state index contributed by atoms with van der Waals surface area (Å²) in [7, 11) is 0. The number of anilines is 2. The minimum atomic E-state index is 1.01. The molecule has 0 radical (unpaired) electrons. The molecular weight excluding hydrogens is 324 g/mol. The molecule has 0 aliphatic heterocycles. The number of benzene rings is 2. The molecule has 1 aromatic heterocycles. The van der Waals surface area contributed by atoms with Gasteiger partial charge in [-0.2, -0.15) is 0 Å². The first kappa shape index (κ1) is 14.1. The van der Waals surface area contributed by atoms with Gasteiger partial charge in [-0.05, 0) is 62.2 Å². The van der Waals surface area contributed by atoms with Gasteiger partial charge in [0.2, 0.25) is 0 Å². The summed E-state index contributed by atoms with van der Waals surface area (Å²) in [6.45, 7) is 6.25. The SMILES string of the molecule is Cc1ccc(C)c(Nc2cc(C)nc3ccc(Br)cc23)c1. The molecule has 0 unspecified atom stereocenters. The van der Waals surface area contributed by atoms with Crippen LogP contribution in [0.25, 0.3) is 10.9 Å². The van der Waals surface area contributed by atoms with E-state index in [0.29, 0.717) is 0 Å². The maximum absolute atomic E-state index is 4.60. The van der Waals surface area contributed by atoms with Crippen molar-refractivity contribution in [3.05, 3.63) is 63.8 Å². The predicted molar refractivity (Wildman–Crippen MR) is 93.4 cm³/mol. The van der Waals surface area contributed by atoms with E-state index in [1.165, 1.54) is 11.1 Å². The minimum absolute atomic E-state index is 1.01. The molecule has 0 spiro atoms. The number of nitrogens with zero attached hydrogens (tertiary/aromatic N) is 1. The van der Waals surface area contributed by atoms with E-state index in [2.05, 4.69) is 70.4 Å². The average molecular weight is 341 g/mol. The first-order chi connectivity index (χ1) is 10.0. The fourth-order valence-corrected chi connectivity index (χ4v) is 2.81. The van der Waals surface area contributed by atoms with Crippen LogP contribution in [-0.2, 0) is 0 Å². The molecule has 0 atom stereocenters. The number of hydrogen-bond acceptors (Lipinski definition) is 2. The van der Waals surface area contributed by atoms with E-state index in [-0.39, 0.29) is 0 Å². The van der Waals surface area contributed by atoms with Crippen molar-refractivity contribution in [3.8, 4) is 0 Å². The molecule has 2 aromatic carbocycles. The van der Waals surface area contributed by atoms with E-state index < -0.39 is 0 Å². The Bertz CT molecular complexity index is 825. The monoisotopic (exact) mass is 340 g/mol. The van der Waals surface area contributed by atoms with Crippen LogP contribution in [0.4, 0.5) is 11.4 Å². The highest BCUT2D eigenvalue weighted by Gasteiger charge is 2.07. The molecule has 3 heteroatoms. The van der Waals surface area contributed by atoms with Crippen LogP contribution in [0.1, 0.15) is 16.8 Å². The molecule has 3 aromatic rings. The first-order valence-electron chi connectivity index (χ1n) is 6.94. The van der Waals surface area contributed by atoms with Gasteiger partial charge in [0, 0.05) is 26.9 Å². The molecule has 2 nitrogen and oxygen atoms in total. The van der Waals surface area contributed by atoms with Crippen LogP contribution in [0, 0.1) is 20.8 Å². The fraction of sp³-hybridized carbons (Fsp3) is 0.167. The third-order valence-corrected chi connectivity index (χ3v) is 4.05. The number of aryl methyl sites for hydroxylation is 3. The zero-order valence-corrected chi connectivity index (χ0v) is 14.0. The first-order valence-corrected chi connectivity index (χ1v) is 7.73. The Morgan fingerprint density at radius 1 is 0.905 bits per heavy atom. The second-order valence-corrected chi connectivity index (χ2v) is 6.33. The van der Waals surface area contributed by atoms with E-state index in [4.69, 9.17) is 0 Å². The van der Waals surface area contributed by atoms with Crippen molar-refractivity contribution in [1.82, 2.24) is 4.98 Å². The van der Waals surface area contributed by atoms with E-state index in [9.17, 15) is 0 Å². The number of fused-ring (bicyclic) bond motifs is 1. The summed E-state index contributed by atoms with van der Waals surface area (Å²) in [5.41, 5.74) is 6.73. The van der Waals surface area contributed by atoms with Crippen LogP contribution in [0.3, 0.4) is 0 Å². The van der Waals surface area contributed by atoms with Crippen LogP contribution >= 0.6 is 15.9 Å². The summed E-state index contributed by atoms with van der Waals surface area (Å²) in [5.74, 6) is 0. The van der Waals surface area contributed by atoms with Crippen molar-refractivity contribution in [3.63, 3.8) is 0 Å². The third-order valence-electron chi connectivity index (χ3n) is 3.56. The normalized spacial score (nSPS) is 10.9. The standard InChI is InChI=1S/C18H17BrN2/c1-11-4-5-12(2)17(8-11)21-18-9-13(3)20-16-7-6-14(19)10-15(16)18/h4-10H,1-3H3,(H,20,21). The molecule has 0 aliphatic carbocycles. The number of hydrogen-bond donors (Lipinski definition) is 1. The van der Waals surface area contributed by atoms with Crippen molar-refractivity contribution < 1.29 is 0 Å². The summed E-state index contributed by atoms with van der Waals surface area (Å²) >= 11 is 3.54. The Balaban J connectivity index is 2.15. The number of rotatable bonds is 2. The highest BCUT2D eigenvalue weighted by molar-refractivity contribution is 9.10. The van der Waals surface area contributed by atoms with Crippen LogP contribution < -0.4 is 5.32 Å². The highest BCUT2D eigenvalue weighted by atomic mass is 79.9. The maximum Gasteiger partial charge on any atom is 0.0726 e. The van der Waals surface area contributed by atoms with Gasteiger partial charge in [-0.3, -0.25) is 4.98 Å². The second-order valence-electron chi connectivity index (χ2n) is 5.42. The number of halogens is 1. The van der Waals surface area contributed by atoms with Gasteiger partial charge >= 0.3 is 0 Å². The number of nitrogens with one attached hydrogen (secondary N) is 1. The lowest BCUT2D eigenvalue weighted by molar-refractivity contribution is 1.25. The van der Waals surface area contributed by atoms with Gasteiger partial charge in [0.1, 0.15) is 0 Å². The Labute approximate surface area is 133 Å². The zero-order chi connectivity index (χ0) is 15.0. The van der Waals surface area contributed by atoms with Crippen molar-refractivity contribution in [2.24, 2.45) is 0 Å². The van der Waals surface area contributed by atoms with E-state index in [1.807, 2.05) is 19.1 Å². The molecule has 0 aliphatic rings. The van der Waals surface area contributed by atoms with Gasteiger partial charge in [0.25, 0.3) is 0 Å². The van der Waals surface area contributed by atoms with Crippen molar-refractivity contribution in [1.29, 1.82) is 0 Å². The molecule has 0 saturated heterocycles. The molecule has 3 rings (SSSR count). The molecule has 1 heterocycles. The van der Waals surface area contributed by atoms with Gasteiger partial charge < -0.3 is 5.32 Å². The highest BCUT2D eigenvalue weighted by Crippen LogP contribution is 2.30. The lowest BCUT2D eigenvalue weighted by Crippen LogP contribution is -1.97. The summed E-state index contributed by atoms with van der Waals surface area (Å²) in [5, 5.41) is 4.68. The van der Waals surface area contributed by atoms with Crippen LogP contribution in [0.5, 0.6) is 0 Å². The Morgan fingerprint density at radius 2 is 1.71 bits per heavy atom. The molecule has 0 saturated carbocycles. The molecule has 0 bridgehead atoms. The van der Waals surface area contributed by atoms with Gasteiger partial charge in [-0.1, -0.05) is 28.1 Å². The molecule has 21 heavy (non-hydrogen) atoms. The summed E-state index contributed by atoms with van der Waals surface area (Å²) in [4.78, 5) is 4.60. The van der Waals surface area contributed by atoms with Crippen LogP contribution in [0.2, 0.25) is 0 Å². The van der Waals surface area contributed by atoms with Gasteiger partial charge in [0.15, 0.2) is 0 Å². The van der Waals surface area contributed by atoms with E-state index in [1.54, 1.807) is 0 Å². The summed E-state index contributed by atoms with van der Waals surface area (Å²) < 4.78 is 1.06. The lowest BCUT2D eigenvalue weighted by atomic mass is 10.1. The maximum atomic E-state index is 4.60. The number of aromatic nitrogens is 1. The summed E-state index contributed by atoms with van der Waals surface area (Å²) in [6, 6.07) is 14.7. The molecule has 0 fully saturated rings. The zero-order valence-electron chi connectivity index (χ0n) is 12.4. The van der Waals surface area contributed by atoms with Crippen LogP contribution in [0.15, 0.2) is 46.9 Å². The van der Waals surface area contributed by atoms with Crippen molar-refractivity contribution >= 4 is 38.2 Å². The topological polar surface area (TPSA) is 24.9 Å². The minimum Gasteiger partial charge on any atom is -0.355 e. The molecule has 0 amide bonds. The predicted octanol–water partition coefficient (Wildman–Crippen LogP) is 5.67. The molecule has 106 valence electrons. The summed E-state index contributed by atoms with van der Waals surface area (Å²) in [6.07, 6.45) is 0. The Kier molecular flexibility index (Phi) is 3.68. The van der Waals surface area contributed by atoms with E-state index >= 15 is 0 Å².